The van der Waals surface area contributed by atoms with Gasteiger partial charge in [0.25, 0.3) is 0 Å². The first-order valence-corrected chi connectivity index (χ1v) is 6.16. The number of aliphatic hydroxyl groups excluding tert-OH is 1. The van der Waals surface area contributed by atoms with E-state index in [4.69, 9.17) is 9.63 Å². The lowest BCUT2D eigenvalue weighted by atomic mass is 9.98. The van der Waals surface area contributed by atoms with E-state index in [1.54, 1.807) is 6.20 Å². The van der Waals surface area contributed by atoms with E-state index in [-0.39, 0.29) is 6.61 Å². The second kappa shape index (κ2) is 4.84. The molecule has 0 radical (unpaired) electrons. The molecule has 14 heavy (non-hydrogen) atoms. The van der Waals surface area contributed by atoms with Crippen LogP contribution in [0.2, 0.25) is 0 Å². The Morgan fingerprint density at radius 1 is 1.64 bits per heavy atom. The molecule has 0 saturated carbocycles. The molecule has 1 atom stereocenters. The zero-order valence-electron chi connectivity index (χ0n) is 8.11. The van der Waals surface area contributed by atoms with Crippen molar-refractivity contribution in [2.75, 3.05) is 11.5 Å². The quantitative estimate of drug-likeness (QED) is 0.832. The average Bonchev–Trinajstić information content (AvgIpc) is 2.67. The summed E-state index contributed by atoms with van der Waals surface area (Å²) in [6.45, 7) is 0.0404. The lowest BCUT2D eigenvalue weighted by molar-refractivity contribution is 0.275. The van der Waals surface area contributed by atoms with Gasteiger partial charge in [0.1, 0.15) is 5.76 Å². The Labute approximate surface area is 87.9 Å². The summed E-state index contributed by atoms with van der Waals surface area (Å²) >= 11 is 2.01. The van der Waals surface area contributed by atoms with E-state index in [0.29, 0.717) is 5.92 Å². The van der Waals surface area contributed by atoms with Crippen LogP contribution in [0.25, 0.3) is 0 Å². The first-order chi connectivity index (χ1) is 6.90. The lowest BCUT2D eigenvalue weighted by Crippen LogP contribution is -2.13. The molecule has 2 heterocycles. The number of thioether (sulfide) groups is 1. The summed E-state index contributed by atoms with van der Waals surface area (Å²) in [7, 11) is 0. The fraction of sp³-hybridized carbons (Fsp3) is 0.700. The second-order valence-electron chi connectivity index (χ2n) is 3.72. The molecule has 1 aliphatic rings. The first-order valence-electron chi connectivity index (χ1n) is 5.01. The lowest BCUT2D eigenvalue weighted by Gasteiger charge is -2.19. The maximum absolute atomic E-state index is 9.03. The minimum atomic E-state index is 0.0404. The molecule has 0 spiro atoms. The van der Waals surface area contributed by atoms with Crippen LogP contribution < -0.4 is 0 Å². The number of aliphatic hydroxyl groups is 1. The number of aromatic nitrogens is 1. The van der Waals surface area contributed by atoms with Crippen molar-refractivity contribution in [3.8, 4) is 0 Å². The monoisotopic (exact) mass is 213 g/mol. The van der Waals surface area contributed by atoms with E-state index in [9.17, 15) is 0 Å². The molecular formula is C10H15NO2S. The molecule has 0 aromatic carbocycles. The SMILES string of the molecule is OCc1cnoc1CC1CCCSC1. The Morgan fingerprint density at radius 3 is 3.29 bits per heavy atom. The van der Waals surface area contributed by atoms with Crippen LogP contribution in [0.1, 0.15) is 24.2 Å². The molecule has 78 valence electrons. The predicted octanol–water partition coefficient (Wildman–Crippen LogP) is 1.85. The molecule has 1 unspecified atom stereocenters. The highest BCUT2D eigenvalue weighted by molar-refractivity contribution is 7.99. The Hall–Kier alpha value is -0.480. The van der Waals surface area contributed by atoms with Gasteiger partial charge < -0.3 is 9.63 Å². The molecule has 0 amide bonds. The molecule has 1 saturated heterocycles. The summed E-state index contributed by atoms with van der Waals surface area (Å²) in [6.07, 6.45) is 5.13. The van der Waals surface area contributed by atoms with E-state index in [2.05, 4.69) is 5.16 Å². The van der Waals surface area contributed by atoms with E-state index in [1.807, 2.05) is 11.8 Å². The highest BCUT2D eigenvalue weighted by Crippen LogP contribution is 2.26. The Morgan fingerprint density at radius 2 is 2.57 bits per heavy atom. The van der Waals surface area contributed by atoms with Crippen LogP contribution in [-0.4, -0.2) is 21.8 Å². The first kappa shape index (κ1) is 10.1. The highest BCUT2D eigenvalue weighted by atomic mass is 32.2. The fourth-order valence-corrected chi connectivity index (χ4v) is 2.97. The maximum atomic E-state index is 9.03. The third-order valence-electron chi connectivity index (χ3n) is 2.63. The fourth-order valence-electron chi connectivity index (χ4n) is 1.81. The van der Waals surface area contributed by atoms with Gasteiger partial charge in [-0.2, -0.15) is 11.8 Å². The van der Waals surface area contributed by atoms with Gasteiger partial charge in [-0.3, -0.25) is 0 Å². The minimum Gasteiger partial charge on any atom is -0.391 e. The van der Waals surface area contributed by atoms with Gasteiger partial charge >= 0.3 is 0 Å². The number of hydrogen-bond donors (Lipinski definition) is 1. The second-order valence-corrected chi connectivity index (χ2v) is 4.87. The van der Waals surface area contributed by atoms with Gasteiger partial charge in [-0.1, -0.05) is 5.16 Å². The summed E-state index contributed by atoms with van der Waals surface area (Å²) in [4.78, 5) is 0. The number of nitrogens with zero attached hydrogens (tertiary/aromatic N) is 1. The molecule has 0 bridgehead atoms. The molecule has 1 aromatic heterocycles. The third kappa shape index (κ3) is 2.30. The molecular weight excluding hydrogens is 198 g/mol. The van der Waals surface area contributed by atoms with Gasteiger partial charge in [0.05, 0.1) is 12.8 Å². The topological polar surface area (TPSA) is 46.3 Å². The van der Waals surface area contributed by atoms with E-state index in [0.717, 1.165) is 17.7 Å². The normalized spacial score (nSPS) is 22.5. The van der Waals surface area contributed by atoms with Gasteiger partial charge in [-0.05, 0) is 30.3 Å². The van der Waals surface area contributed by atoms with Crippen LogP contribution in [0.5, 0.6) is 0 Å². The molecule has 1 fully saturated rings. The van der Waals surface area contributed by atoms with Crippen molar-refractivity contribution in [1.82, 2.24) is 5.16 Å². The zero-order valence-corrected chi connectivity index (χ0v) is 8.92. The Bertz CT molecular complexity index is 281. The van der Waals surface area contributed by atoms with Crippen molar-refractivity contribution in [2.45, 2.75) is 25.9 Å². The van der Waals surface area contributed by atoms with E-state index < -0.39 is 0 Å². The van der Waals surface area contributed by atoms with Gasteiger partial charge in [-0.15, -0.1) is 0 Å². The smallest absolute Gasteiger partial charge is 0.142 e. The van der Waals surface area contributed by atoms with Crippen molar-refractivity contribution in [1.29, 1.82) is 0 Å². The standard InChI is InChI=1S/C10H15NO2S/c12-6-9-5-11-13-10(9)4-8-2-1-3-14-7-8/h5,8,12H,1-4,6-7H2. The van der Waals surface area contributed by atoms with Crippen molar-refractivity contribution < 1.29 is 9.63 Å². The van der Waals surface area contributed by atoms with E-state index in [1.165, 1.54) is 24.3 Å². The molecule has 1 aliphatic heterocycles. The largest absolute Gasteiger partial charge is 0.391 e. The summed E-state index contributed by atoms with van der Waals surface area (Å²) in [5.41, 5.74) is 0.848. The summed E-state index contributed by atoms with van der Waals surface area (Å²) in [5, 5.41) is 12.7. The van der Waals surface area contributed by atoms with Crippen molar-refractivity contribution in [2.24, 2.45) is 5.92 Å². The molecule has 3 nitrogen and oxygen atoms in total. The van der Waals surface area contributed by atoms with Crippen LogP contribution in [0.15, 0.2) is 10.7 Å². The van der Waals surface area contributed by atoms with Crippen LogP contribution >= 0.6 is 11.8 Å². The molecule has 0 aliphatic carbocycles. The number of rotatable bonds is 3. The summed E-state index contributed by atoms with van der Waals surface area (Å²) in [5.74, 6) is 4.08. The van der Waals surface area contributed by atoms with E-state index >= 15 is 0 Å². The third-order valence-corrected chi connectivity index (χ3v) is 3.91. The van der Waals surface area contributed by atoms with Crippen molar-refractivity contribution in [3.05, 3.63) is 17.5 Å². The minimum absolute atomic E-state index is 0.0404. The maximum Gasteiger partial charge on any atom is 0.142 e. The summed E-state index contributed by atoms with van der Waals surface area (Å²) < 4.78 is 5.14. The van der Waals surface area contributed by atoms with Crippen LogP contribution in [0, 0.1) is 5.92 Å². The molecule has 1 aromatic rings. The zero-order chi connectivity index (χ0) is 9.80. The van der Waals surface area contributed by atoms with Crippen LogP contribution in [-0.2, 0) is 13.0 Å². The predicted molar refractivity (Wildman–Crippen MR) is 56.2 cm³/mol. The van der Waals surface area contributed by atoms with Crippen molar-refractivity contribution in [3.63, 3.8) is 0 Å². The number of hydrogen-bond acceptors (Lipinski definition) is 4. The van der Waals surface area contributed by atoms with Gasteiger partial charge in [0, 0.05) is 12.0 Å². The molecule has 1 N–H and O–H groups in total. The highest BCUT2D eigenvalue weighted by Gasteiger charge is 2.18. The van der Waals surface area contributed by atoms with Gasteiger partial charge in [0.2, 0.25) is 0 Å². The van der Waals surface area contributed by atoms with Crippen LogP contribution in [0.4, 0.5) is 0 Å². The Balaban J connectivity index is 1.95. The van der Waals surface area contributed by atoms with Crippen LogP contribution in [0.3, 0.4) is 0 Å². The van der Waals surface area contributed by atoms with Gasteiger partial charge in [-0.25, -0.2) is 0 Å². The molecule has 2 rings (SSSR count). The summed E-state index contributed by atoms with van der Waals surface area (Å²) in [6, 6.07) is 0. The van der Waals surface area contributed by atoms with Gasteiger partial charge in [0.15, 0.2) is 0 Å². The Kier molecular flexibility index (Phi) is 3.48. The molecule has 4 heteroatoms. The van der Waals surface area contributed by atoms with Crippen molar-refractivity contribution >= 4 is 11.8 Å². The average molecular weight is 213 g/mol.